The summed E-state index contributed by atoms with van der Waals surface area (Å²) in [6.07, 6.45) is 2.67. The first-order valence-corrected chi connectivity index (χ1v) is 8.80. The normalized spacial score (nSPS) is 12.2. The van der Waals surface area contributed by atoms with E-state index in [2.05, 4.69) is 6.92 Å². The van der Waals surface area contributed by atoms with Crippen molar-refractivity contribution in [1.29, 1.82) is 0 Å². The molecular formula is C20H27NO4. The van der Waals surface area contributed by atoms with E-state index in [4.69, 9.17) is 9.47 Å². The van der Waals surface area contributed by atoms with Crippen molar-refractivity contribution >= 4 is 22.8 Å². The molecule has 0 aliphatic carbocycles. The molecule has 1 aromatic heterocycles. The smallest absolute Gasteiger partial charge is 0.314 e. The topological polar surface area (TPSA) is 57.5 Å². The minimum Gasteiger partial charge on any atom is -0.469 e. The quantitative estimate of drug-likeness (QED) is 0.540. The van der Waals surface area contributed by atoms with Gasteiger partial charge in [-0.1, -0.05) is 31.5 Å². The van der Waals surface area contributed by atoms with E-state index in [0.717, 1.165) is 35.0 Å². The number of esters is 2. The van der Waals surface area contributed by atoms with Crippen LogP contribution in [-0.4, -0.2) is 30.2 Å². The zero-order valence-corrected chi connectivity index (χ0v) is 15.5. The van der Waals surface area contributed by atoms with E-state index in [1.54, 1.807) is 0 Å². The SMILES string of the molecule is CCCCOC(=O)C(C)c1c(CCC(=O)OC)c2ccccc2n1C. The Bertz CT molecular complexity index is 747. The summed E-state index contributed by atoms with van der Waals surface area (Å²) in [6.45, 7) is 4.37. The Hall–Kier alpha value is -2.30. The molecule has 0 radical (unpaired) electrons. The van der Waals surface area contributed by atoms with Gasteiger partial charge in [-0.15, -0.1) is 0 Å². The Kier molecular flexibility index (Phi) is 6.62. The molecule has 136 valence electrons. The van der Waals surface area contributed by atoms with E-state index >= 15 is 0 Å². The molecule has 2 rings (SSSR count). The highest BCUT2D eigenvalue weighted by Gasteiger charge is 2.26. The molecule has 0 fully saturated rings. The van der Waals surface area contributed by atoms with Gasteiger partial charge in [-0.25, -0.2) is 0 Å². The summed E-state index contributed by atoms with van der Waals surface area (Å²) < 4.78 is 12.2. The first-order chi connectivity index (χ1) is 12.0. The van der Waals surface area contributed by atoms with Gasteiger partial charge in [0.2, 0.25) is 0 Å². The zero-order chi connectivity index (χ0) is 18.4. The Balaban J connectivity index is 2.37. The third kappa shape index (κ3) is 4.21. The Morgan fingerprint density at radius 2 is 1.96 bits per heavy atom. The van der Waals surface area contributed by atoms with Crippen molar-refractivity contribution in [1.82, 2.24) is 4.57 Å². The molecule has 0 saturated heterocycles. The van der Waals surface area contributed by atoms with E-state index in [1.165, 1.54) is 7.11 Å². The monoisotopic (exact) mass is 345 g/mol. The van der Waals surface area contributed by atoms with Crippen LogP contribution in [0.5, 0.6) is 0 Å². The fraction of sp³-hybridized carbons (Fsp3) is 0.500. The number of aryl methyl sites for hydroxylation is 2. The predicted molar refractivity (Wildman–Crippen MR) is 97.5 cm³/mol. The lowest BCUT2D eigenvalue weighted by Gasteiger charge is -2.15. The number of benzene rings is 1. The van der Waals surface area contributed by atoms with Crippen molar-refractivity contribution in [2.24, 2.45) is 7.05 Å². The molecule has 5 heteroatoms. The van der Waals surface area contributed by atoms with Crippen LogP contribution in [0.1, 0.15) is 50.3 Å². The summed E-state index contributed by atoms with van der Waals surface area (Å²) in [5.74, 6) is -0.863. The minimum absolute atomic E-state index is 0.223. The molecule has 1 atom stereocenters. The number of para-hydroxylation sites is 1. The third-order valence-corrected chi connectivity index (χ3v) is 4.57. The third-order valence-electron chi connectivity index (χ3n) is 4.57. The number of aromatic nitrogens is 1. The van der Waals surface area contributed by atoms with Crippen LogP contribution in [0.25, 0.3) is 10.9 Å². The fourth-order valence-electron chi connectivity index (χ4n) is 3.19. The zero-order valence-electron chi connectivity index (χ0n) is 15.5. The highest BCUT2D eigenvalue weighted by Crippen LogP contribution is 2.32. The van der Waals surface area contributed by atoms with E-state index in [1.807, 2.05) is 42.8 Å². The van der Waals surface area contributed by atoms with Gasteiger partial charge in [-0.05, 0) is 31.4 Å². The number of hydrogen-bond acceptors (Lipinski definition) is 4. The van der Waals surface area contributed by atoms with Crippen molar-refractivity contribution in [3.63, 3.8) is 0 Å². The molecular weight excluding hydrogens is 318 g/mol. The van der Waals surface area contributed by atoms with E-state index in [0.29, 0.717) is 13.0 Å². The van der Waals surface area contributed by atoms with Crippen LogP contribution in [0.4, 0.5) is 0 Å². The van der Waals surface area contributed by atoms with Gasteiger partial charge < -0.3 is 14.0 Å². The summed E-state index contributed by atoms with van der Waals surface area (Å²) in [5.41, 5.74) is 2.97. The molecule has 25 heavy (non-hydrogen) atoms. The number of rotatable bonds is 8. The van der Waals surface area contributed by atoms with E-state index < -0.39 is 0 Å². The van der Waals surface area contributed by atoms with Crippen LogP contribution in [-0.2, 0) is 32.5 Å². The van der Waals surface area contributed by atoms with Crippen LogP contribution in [0.15, 0.2) is 24.3 Å². The summed E-state index contributed by atoms with van der Waals surface area (Å²) >= 11 is 0. The lowest BCUT2D eigenvalue weighted by atomic mass is 9.98. The number of hydrogen-bond donors (Lipinski definition) is 0. The molecule has 2 aromatic rings. The molecule has 0 N–H and O–H groups in total. The maximum Gasteiger partial charge on any atom is 0.314 e. The molecule has 5 nitrogen and oxygen atoms in total. The van der Waals surface area contributed by atoms with Crippen molar-refractivity contribution in [2.75, 3.05) is 13.7 Å². The lowest BCUT2D eigenvalue weighted by Crippen LogP contribution is -2.18. The van der Waals surface area contributed by atoms with Crippen LogP contribution < -0.4 is 0 Å². The Morgan fingerprint density at radius 3 is 2.64 bits per heavy atom. The molecule has 1 heterocycles. The predicted octanol–water partition coefficient (Wildman–Crippen LogP) is 3.73. The van der Waals surface area contributed by atoms with Crippen LogP contribution >= 0.6 is 0 Å². The second-order valence-corrected chi connectivity index (χ2v) is 6.26. The van der Waals surface area contributed by atoms with Crippen LogP contribution in [0, 0.1) is 0 Å². The average molecular weight is 345 g/mol. The van der Waals surface area contributed by atoms with Gasteiger partial charge in [0, 0.05) is 30.1 Å². The summed E-state index contributed by atoms with van der Waals surface area (Å²) in [7, 11) is 3.34. The van der Waals surface area contributed by atoms with Gasteiger partial charge in [-0.3, -0.25) is 9.59 Å². The highest BCUT2D eigenvalue weighted by atomic mass is 16.5. The van der Waals surface area contributed by atoms with Crippen molar-refractivity contribution in [3.8, 4) is 0 Å². The Morgan fingerprint density at radius 1 is 1.24 bits per heavy atom. The maximum atomic E-state index is 12.5. The van der Waals surface area contributed by atoms with Gasteiger partial charge in [-0.2, -0.15) is 0 Å². The number of ether oxygens (including phenoxy) is 2. The number of fused-ring (bicyclic) bond motifs is 1. The average Bonchev–Trinajstić information content (AvgIpc) is 2.91. The van der Waals surface area contributed by atoms with Gasteiger partial charge in [0.1, 0.15) is 0 Å². The maximum absolute atomic E-state index is 12.5. The molecule has 1 aromatic carbocycles. The second-order valence-electron chi connectivity index (χ2n) is 6.26. The Labute approximate surface area is 148 Å². The summed E-state index contributed by atoms with van der Waals surface area (Å²) in [5, 5.41) is 1.07. The van der Waals surface area contributed by atoms with Gasteiger partial charge in [0.05, 0.1) is 19.6 Å². The molecule has 0 aliphatic heterocycles. The number of carbonyl (C=O) groups is 2. The molecule has 0 spiro atoms. The van der Waals surface area contributed by atoms with E-state index in [-0.39, 0.29) is 24.3 Å². The number of methoxy groups -OCH3 is 1. The number of unbranched alkanes of at least 4 members (excludes halogenated alkanes) is 1. The highest BCUT2D eigenvalue weighted by molar-refractivity contribution is 5.89. The molecule has 0 amide bonds. The van der Waals surface area contributed by atoms with Crippen LogP contribution in [0.3, 0.4) is 0 Å². The summed E-state index contributed by atoms with van der Waals surface area (Å²) in [6, 6.07) is 7.99. The first-order valence-electron chi connectivity index (χ1n) is 8.80. The fourth-order valence-corrected chi connectivity index (χ4v) is 3.19. The molecule has 0 aliphatic rings. The van der Waals surface area contributed by atoms with Gasteiger partial charge in [0.15, 0.2) is 0 Å². The van der Waals surface area contributed by atoms with E-state index in [9.17, 15) is 9.59 Å². The van der Waals surface area contributed by atoms with Crippen molar-refractivity contribution < 1.29 is 19.1 Å². The number of carbonyl (C=O) groups excluding carboxylic acids is 2. The summed E-state index contributed by atoms with van der Waals surface area (Å²) in [4.78, 5) is 24.1. The minimum atomic E-state index is -0.387. The van der Waals surface area contributed by atoms with Crippen molar-refractivity contribution in [2.45, 2.75) is 45.4 Å². The molecule has 0 saturated carbocycles. The lowest BCUT2D eigenvalue weighted by molar-refractivity contribution is -0.145. The van der Waals surface area contributed by atoms with Gasteiger partial charge >= 0.3 is 11.9 Å². The number of nitrogens with zero attached hydrogens (tertiary/aromatic N) is 1. The molecule has 1 unspecified atom stereocenters. The van der Waals surface area contributed by atoms with Gasteiger partial charge in [0.25, 0.3) is 0 Å². The van der Waals surface area contributed by atoms with Crippen molar-refractivity contribution in [3.05, 3.63) is 35.5 Å². The van der Waals surface area contributed by atoms with Crippen LogP contribution in [0.2, 0.25) is 0 Å². The standard InChI is InChI=1S/C20H27NO4/c1-5-6-13-25-20(23)14(2)19-16(11-12-18(22)24-4)15-9-7-8-10-17(15)21(19)3/h7-10,14H,5-6,11-13H2,1-4H3. The largest absolute Gasteiger partial charge is 0.469 e. The second kappa shape index (κ2) is 8.70. The first kappa shape index (κ1) is 19.0. The molecule has 0 bridgehead atoms.